The zero-order valence-electron chi connectivity index (χ0n) is 16.4. The molecule has 0 bridgehead atoms. The molecule has 0 saturated carbocycles. The van der Waals surface area contributed by atoms with E-state index in [1.807, 2.05) is 6.92 Å². The molecule has 2 aromatic carbocycles. The molecule has 0 aliphatic carbocycles. The monoisotopic (exact) mass is 414 g/mol. The van der Waals surface area contributed by atoms with Crippen molar-refractivity contribution >= 4 is 28.9 Å². The van der Waals surface area contributed by atoms with Crippen LogP contribution in [-0.2, 0) is 9.59 Å². The predicted molar refractivity (Wildman–Crippen MR) is 110 cm³/mol. The third-order valence-corrected chi connectivity index (χ3v) is 4.35. The van der Waals surface area contributed by atoms with Gasteiger partial charge in [-0.15, -0.1) is 0 Å². The third-order valence-electron chi connectivity index (χ3n) is 4.35. The van der Waals surface area contributed by atoms with Crippen molar-refractivity contribution in [3.8, 4) is 11.5 Å². The van der Waals surface area contributed by atoms with Crippen LogP contribution in [0.1, 0.15) is 6.92 Å². The smallest absolute Gasteiger partial charge is 0.271 e. The van der Waals surface area contributed by atoms with E-state index in [1.165, 1.54) is 18.2 Å². The molecule has 1 aliphatic heterocycles. The zero-order chi connectivity index (χ0) is 21.5. The quantitative estimate of drug-likeness (QED) is 0.502. The maximum Gasteiger partial charge on any atom is 0.271 e. The summed E-state index contributed by atoms with van der Waals surface area (Å²) in [7, 11) is 0. The van der Waals surface area contributed by atoms with Crippen LogP contribution in [0.5, 0.6) is 11.5 Å². The molecule has 0 atom stereocenters. The third kappa shape index (κ3) is 5.67. The van der Waals surface area contributed by atoms with Crippen molar-refractivity contribution in [2.75, 3.05) is 43.5 Å². The molecular weight excluding hydrogens is 392 g/mol. The molecule has 0 aromatic heterocycles. The number of carbonyl (C=O) groups excluding carboxylic acids is 2. The molecule has 0 fully saturated rings. The van der Waals surface area contributed by atoms with Crippen molar-refractivity contribution in [3.63, 3.8) is 0 Å². The van der Waals surface area contributed by atoms with Crippen LogP contribution in [0.3, 0.4) is 0 Å². The summed E-state index contributed by atoms with van der Waals surface area (Å²) in [6.45, 7) is 3.21. The lowest BCUT2D eigenvalue weighted by Gasteiger charge is -2.21. The topological polar surface area (TPSA) is 123 Å². The van der Waals surface area contributed by atoms with Crippen molar-refractivity contribution in [2.24, 2.45) is 0 Å². The van der Waals surface area contributed by atoms with Crippen LogP contribution in [0.25, 0.3) is 0 Å². The first-order valence-electron chi connectivity index (χ1n) is 9.40. The van der Waals surface area contributed by atoms with Crippen LogP contribution in [0.4, 0.5) is 17.1 Å². The molecule has 0 unspecified atom stereocenters. The number of hydrogen-bond donors (Lipinski definition) is 2. The van der Waals surface area contributed by atoms with E-state index in [-0.39, 0.29) is 30.6 Å². The number of rotatable bonds is 8. The standard InChI is InChI=1S/C20H22N4O6/c1-2-23(12-19(25)21-14-4-3-5-16(10-14)24(27)28)13-20(26)22-15-6-7-17-18(11-15)30-9-8-29-17/h3-7,10-11H,2,8-9,12-13H2,1H3,(H,21,25)(H,22,26). The van der Waals surface area contributed by atoms with Crippen LogP contribution in [0.15, 0.2) is 42.5 Å². The summed E-state index contributed by atoms with van der Waals surface area (Å²) in [6, 6.07) is 10.8. The van der Waals surface area contributed by atoms with Crippen LogP contribution in [0, 0.1) is 10.1 Å². The van der Waals surface area contributed by atoms with Gasteiger partial charge in [-0.3, -0.25) is 24.6 Å². The average molecular weight is 414 g/mol. The van der Waals surface area contributed by atoms with Gasteiger partial charge in [0.1, 0.15) is 13.2 Å². The number of ether oxygens (including phenoxy) is 2. The number of anilines is 2. The summed E-state index contributed by atoms with van der Waals surface area (Å²) in [6.07, 6.45) is 0. The highest BCUT2D eigenvalue weighted by Crippen LogP contribution is 2.32. The second kappa shape index (κ2) is 9.70. The van der Waals surface area contributed by atoms with Gasteiger partial charge in [-0.05, 0) is 24.7 Å². The highest BCUT2D eigenvalue weighted by molar-refractivity contribution is 5.95. The van der Waals surface area contributed by atoms with Gasteiger partial charge < -0.3 is 20.1 Å². The predicted octanol–water partition coefficient (Wildman–Crippen LogP) is 2.27. The highest BCUT2D eigenvalue weighted by Gasteiger charge is 2.16. The number of nitrogens with one attached hydrogen (secondary N) is 2. The van der Waals surface area contributed by atoms with Crippen molar-refractivity contribution in [2.45, 2.75) is 6.92 Å². The molecule has 1 heterocycles. The summed E-state index contributed by atoms with van der Waals surface area (Å²) in [5.41, 5.74) is 0.784. The Morgan fingerprint density at radius 1 is 1.00 bits per heavy atom. The molecule has 2 N–H and O–H groups in total. The maximum absolute atomic E-state index is 12.4. The molecule has 158 valence electrons. The number of amides is 2. The summed E-state index contributed by atoms with van der Waals surface area (Å²) in [4.78, 5) is 36.6. The molecule has 0 saturated heterocycles. The number of non-ortho nitro benzene ring substituents is 1. The molecule has 30 heavy (non-hydrogen) atoms. The van der Waals surface area contributed by atoms with E-state index in [0.29, 0.717) is 42.6 Å². The SMILES string of the molecule is CCN(CC(=O)Nc1cccc([N+](=O)[O-])c1)CC(=O)Nc1ccc2c(c1)OCCO2. The normalized spacial score (nSPS) is 12.3. The van der Waals surface area contributed by atoms with Gasteiger partial charge in [-0.2, -0.15) is 0 Å². The number of carbonyl (C=O) groups is 2. The fraction of sp³-hybridized carbons (Fsp3) is 0.300. The van der Waals surface area contributed by atoms with Crippen molar-refractivity contribution in [1.29, 1.82) is 0 Å². The molecule has 2 aromatic rings. The first-order chi connectivity index (χ1) is 14.4. The van der Waals surface area contributed by atoms with E-state index in [2.05, 4.69) is 10.6 Å². The first-order valence-corrected chi connectivity index (χ1v) is 9.40. The number of hydrogen-bond acceptors (Lipinski definition) is 7. The molecule has 10 nitrogen and oxygen atoms in total. The van der Waals surface area contributed by atoms with E-state index < -0.39 is 4.92 Å². The molecular formula is C20H22N4O6. The summed E-state index contributed by atoms with van der Waals surface area (Å²) in [5, 5.41) is 16.2. The minimum Gasteiger partial charge on any atom is -0.486 e. The number of nitrogens with zero attached hydrogens (tertiary/aromatic N) is 2. The van der Waals surface area contributed by atoms with Gasteiger partial charge >= 0.3 is 0 Å². The van der Waals surface area contributed by atoms with Crippen LogP contribution < -0.4 is 20.1 Å². The van der Waals surface area contributed by atoms with Gasteiger partial charge in [-0.1, -0.05) is 13.0 Å². The van der Waals surface area contributed by atoms with Gasteiger partial charge in [0.15, 0.2) is 11.5 Å². The molecule has 1 aliphatic rings. The second-order valence-electron chi connectivity index (χ2n) is 6.57. The Morgan fingerprint density at radius 3 is 2.27 bits per heavy atom. The summed E-state index contributed by atoms with van der Waals surface area (Å²) >= 11 is 0. The Bertz CT molecular complexity index is 949. The molecule has 3 rings (SSSR count). The van der Waals surface area contributed by atoms with Crippen LogP contribution >= 0.6 is 0 Å². The lowest BCUT2D eigenvalue weighted by atomic mass is 10.2. The van der Waals surface area contributed by atoms with Gasteiger partial charge in [0.25, 0.3) is 5.69 Å². The Kier molecular flexibility index (Phi) is 6.81. The Labute approximate surface area is 172 Å². The lowest BCUT2D eigenvalue weighted by molar-refractivity contribution is -0.384. The Morgan fingerprint density at radius 2 is 1.63 bits per heavy atom. The van der Waals surface area contributed by atoms with E-state index >= 15 is 0 Å². The van der Waals surface area contributed by atoms with Crippen LogP contribution in [0.2, 0.25) is 0 Å². The number of nitro benzene ring substituents is 1. The van der Waals surface area contributed by atoms with Gasteiger partial charge in [0, 0.05) is 29.6 Å². The van der Waals surface area contributed by atoms with Crippen molar-refractivity contribution in [1.82, 2.24) is 4.90 Å². The highest BCUT2D eigenvalue weighted by atomic mass is 16.6. The summed E-state index contributed by atoms with van der Waals surface area (Å²) < 4.78 is 10.9. The molecule has 10 heteroatoms. The second-order valence-corrected chi connectivity index (χ2v) is 6.57. The number of likely N-dealkylation sites (N-methyl/N-ethyl adjacent to an activating group) is 1. The average Bonchev–Trinajstić information content (AvgIpc) is 2.73. The zero-order valence-corrected chi connectivity index (χ0v) is 16.4. The molecule has 0 radical (unpaired) electrons. The van der Waals surface area contributed by atoms with Crippen molar-refractivity contribution in [3.05, 3.63) is 52.6 Å². The van der Waals surface area contributed by atoms with Gasteiger partial charge in [-0.25, -0.2) is 0 Å². The van der Waals surface area contributed by atoms with E-state index in [4.69, 9.17) is 9.47 Å². The van der Waals surface area contributed by atoms with Crippen molar-refractivity contribution < 1.29 is 24.0 Å². The first kappa shape index (κ1) is 21.1. The Hall–Kier alpha value is -3.66. The van der Waals surface area contributed by atoms with E-state index in [9.17, 15) is 19.7 Å². The summed E-state index contributed by atoms with van der Waals surface area (Å²) in [5.74, 6) is 0.552. The molecule has 0 spiro atoms. The van der Waals surface area contributed by atoms with E-state index in [0.717, 1.165) is 0 Å². The molecule has 2 amide bonds. The fourth-order valence-corrected chi connectivity index (χ4v) is 2.91. The number of benzene rings is 2. The largest absolute Gasteiger partial charge is 0.486 e. The van der Waals surface area contributed by atoms with E-state index in [1.54, 1.807) is 29.2 Å². The number of fused-ring (bicyclic) bond motifs is 1. The maximum atomic E-state index is 12.4. The minimum atomic E-state index is -0.532. The minimum absolute atomic E-state index is 0.00724. The van der Waals surface area contributed by atoms with Gasteiger partial charge in [0.05, 0.1) is 18.0 Å². The number of nitro groups is 1. The fourth-order valence-electron chi connectivity index (χ4n) is 2.91. The lowest BCUT2D eigenvalue weighted by Crippen LogP contribution is -2.38. The van der Waals surface area contributed by atoms with Crippen LogP contribution in [-0.4, -0.2) is 54.5 Å². The Balaban J connectivity index is 1.53. The van der Waals surface area contributed by atoms with Gasteiger partial charge in [0.2, 0.25) is 11.8 Å².